The predicted octanol–water partition coefficient (Wildman–Crippen LogP) is 3.60. The minimum atomic E-state index is -1.04. The SMILES string of the molecule is COc1ccc(CCNC(=O)C(C#N)c2nc3ccccc3nc2N2CCCCC2)cc1OC. The van der Waals surface area contributed by atoms with E-state index in [-0.39, 0.29) is 5.91 Å². The van der Waals surface area contributed by atoms with Crippen molar-refractivity contribution in [2.75, 3.05) is 38.8 Å². The van der Waals surface area contributed by atoms with Gasteiger partial charge < -0.3 is 19.7 Å². The summed E-state index contributed by atoms with van der Waals surface area (Å²) in [5.74, 6) is 0.518. The summed E-state index contributed by atoms with van der Waals surface area (Å²) in [6, 6.07) is 15.4. The first-order valence-corrected chi connectivity index (χ1v) is 11.5. The predicted molar refractivity (Wildman–Crippen MR) is 130 cm³/mol. The Labute approximate surface area is 199 Å². The molecule has 1 unspecified atom stereocenters. The first kappa shape index (κ1) is 23.3. The average Bonchev–Trinajstić information content (AvgIpc) is 2.89. The molecule has 176 valence electrons. The van der Waals surface area contributed by atoms with Gasteiger partial charge in [-0.2, -0.15) is 5.26 Å². The molecule has 8 nitrogen and oxygen atoms in total. The second-order valence-electron chi connectivity index (χ2n) is 8.26. The van der Waals surface area contributed by atoms with E-state index in [2.05, 4.69) is 16.3 Å². The quantitative estimate of drug-likeness (QED) is 0.549. The summed E-state index contributed by atoms with van der Waals surface area (Å²) >= 11 is 0. The molecule has 1 aliphatic rings. The fourth-order valence-electron chi connectivity index (χ4n) is 4.25. The number of nitrogens with zero attached hydrogens (tertiary/aromatic N) is 4. The highest BCUT2D eigenvalue weighted by Gasteiger charge is 2.29. The monoisotopic (exact) mass is 459 g/mol. The number of nitrogens with one attached hydrogen (secondary N) is 1. The van der Waals surface area contributed by atoms with Gasteiger partial charge in [-0.05, 0) is 55.5 Å². The number of aromatic nitrogens is 2. The Balaban J connectivity index is 1.53. The van der Waals surface area contributed by atoms with Gasteiger partial charge in [0, 0.05) is 19.6 Å². The molecule has 34 heavy (non-hydrogen) atoms. The van der Waals surface area contributed by atoms with Gasteiger partial charge in [0.05, 0.1) is 31.3 Å². The van der Waals surface area contributed by atoms with Crippen LogP contribution < -0.4 is 19.7 Å². The van der Waals surface area contributed by atoms with Gasteiger partial charge in [-0.3, -0.25) is 4.79 Å². The third kappa shape index (κ3) is 5.04. The lowest BCUT2D eigenvalue weighted by Crippen LogP contribution is -2.35. The van der Waals surface area contributed by atoms with Gasteiger partial charge in [-0.15, -0.1) is 0 Å². The molecule has 0 radical (unpaired) electrons. The number of rotatable bonds is 8. The first-order chi connectivity index (χ1) is 16.6. The van der Waals surface area contributed by atoms with E-state index in [1.165, 1.54) is 6.42 Å². The van der Waals surface area contributed by atoms with Crippen LogP contribution in [-0.2, 0) is 11.2 Å². The average molecular weight is 460 g/mol. The largest absolute Gasteiger partial charge is 0.493 e. The third-order valence-electron chi connectivity index (χ3n) is 6.06. The van der Waals surface area contributed by atoms with Crippen molar-refractivity contribution >= 4 is 22.8 Å². The van der Waals surface area contributed by atoms with Crippen molar-refractivity contribution < 1.29 is 14.3 Å². The van der Waals surface area contributed by atoms with Crippen molar-refractivity contribution in [2.24, 2.45) is 0 Å². The molecule has 0 bridgehead atoms. The van der Waals surface area contributed by atoms with Crippen LogP contribution in [0.3, 0.4) is 0 Å². The van der Waals surface area contributed by atoms with E-state index in [4.69, 9.17) is 19.4 Å². The Kier molecular flexibility index (Phi) is 7.43. The van der Waals surface area contributed by atoms with E-state index in [0.717, 1.165) is 37.0 Å². The number of hydrogen-bond donors (Lipinski definition) is 1. The summed E-state index contributed by atoms with van der Waals surface area (Å²) in [6.07, 6.45) is 3.88. The fourth-order valence-corrected chi connectivity index (χ4v) is 4.25. The summed E-state index contributed by atoms with van der Waals surface area (Å²) in [5.41, 5.74) is 2.85. The van der Waals surface area contributed by atoms with Gasteiger partial charge in [-0.25, -0.2) is 9.97 Å². The van der Waals surface area contributed by atoms with Crippen LogP contribution in [0, 0.1) is 11.3 Å². The number of methoxy groups -OCH3 is 2. The van der Waals surface area contributed by atoms with E-state index in [1.807, 2.05) is 42.5 Å². The molecule has 4 rings (SSSR count). The zero-order valence-corrected chi connectivity index (χ0v) is 19.6. The number of fused-ring (bicyclic) bond motifs is 1. The van der Waals surface area contributed by atoms with Crippen molar-refractivity contribution in [3.05, 3.63) is 53.7 Å². The summed E-state index contributed by atoms with van der Waals surface area (Å²) < 4.78 is 10.6. The van der Waals surface area contributed by atoms with Crippen molar-refractivity contribution in [2.45, 2.75) is 31.6 Å². The van der Waals surface area contributed by atoms with Crippen LogP contribution in [0.2, 0.25) is 0 Å². The minimum absolute atomic E-state index is 0.370. The molecule has 2 aromatic carbocycles. The molecular weight excluding hydrogens is 430 g/mol. The number of amides is 1. The Morgan fingerprint density at radius 3 is 2.44 bits per heavy atom. The molecule has 1 saturated heterocycles. The summed E-state index contributed by atoms with van der Waals surface area (Å²) in [5, 5.41) is 12.9. The zero-order valence-electron chi connectivity index (χ0n) is 19.6. The Bertz CT molecular complexity index is 1200. The smallest absolute Gasteiger partial charge is 0.243 e. The molecule has 0 spiro atoms. The van der Waals surface area contributed by atoms with Crippen LogP contribution >= 0.6 is 0 Å². The minimum Gasteiger partial charge on any atom is -0.493 e. The molecule has 0 saturated carbocycles. The lowest BCUT2D eigenvalue weighted by molar-refractivity contribution is -0.121. The van der Waals surface area contributed by atoms with E-state index in [0.29, 0.717) is 41.5 Å². The van der Waals surface area contributed by atoms with Crippen molar-refractivity contribution in [3.8, 4) is 17.6 Å². The third-order valence-corrected chi connectivity index (χ3v) is 6.06. The number of carbonyl (C=O) groups excluding carboxylic acids is 1. The van der Waals surface area contributed by atoms with Gasteiger partial charge >= 0.3 is 0 Å². The Morgan fingerprint density at radius 2 is 1.76 bits per heavy atom. The van der Waals surface area contributed by atoms with Crippen molar-refractivity contribution in [3.63, 3.8) is 0 Å². The number of para-hydroxylation sites is 2. The van der Waals surface area contributed by atoms with E-state index in [1.54, 1.807) is 14.2 Å². The van der Waals surface area contributed by atoms with Crippen LogP contribution in [-0.4, -0.2) is 49.7 Å². The van der Waals surface area contributed by atoms with Crippen molar-refractivity contribution in [1.29, 1.82) is 5.26 Å². The number of ether oxygens (including phenoxy) is 2. The number of hydrogen-bond acceptors (Lipinski definition) is 7. The van der Waals surface area contributed by atoms with Crippen LogP contribution in [0.15, 0.2) is 42.5 Å². The lowest BCUT2D eigenvalue weighted by Gasteiger charge is -2.29. The van der Waals surface area contributed by atoms with Gasteiger partial charge in [0.2, 0.25) is 5.91 Å². The highest BCUT2D eigenvalue weighted by molar-refractivity contribution is 5.88. The maximum absolute atomic E-state index is 13.1. The van der Waals surface area contributed by atoms with E-state index >= 15 is 0 Å². The normalized spacial score (nSPS) is 14.3. The van der Waals surface area contributed by atoms with Gasteiger partial charge in [0.15, 0.2) is 23.2 Å². The highest BCUT2D eigenvalue weighted by atomic mass is 16.5. The summed E-state index contributed by atoms with van der Waals surface area (Å²) in [4.78, 5) is 24.8. The highest BCUT2D eigenvalue weighted by Crippen LogP contribution is 2.30. The maximum Gasteiger partial charge on any atom is 0.243 e. The standard InChI is InChI=1S/C26H29N5O3/c1-33-22-11-10-18(16-23(22)34-2)12-13-28-26(32)19(17-27)24-25(31-14-6-3-7-15-31)30-21-9-5-4-8-20(21)29-24/h4-5,8-11,16,19H,3,6-7,12-15H2,1-2H3,(H,28,32). The molecular formula is C26H29N5O3. The van der Waals surface area contributed by atoms with E-state index in [9.17, 15) is 10.1 Å². The van der Waals surface area contributed by atoms with Gasteiger partial charge in [-0.1, -0.05) is 18.2 Å². The first-order valence-electron chi connectivity index (χ1n) is 11.5. The number of benzene rings is 2. The van der Waals surface area contributed by atoms with Crippen LogP contribution in [0.25, 0.3) is 11.0 Å². The number of carbonyl (C=O) groups is 1. The Morgan fingerprint density at radius 1 is 1.06 bits per heavy atom. The fraction of sp³-hybridized carbons (Fsp3) is 0.385. The van der Waals surface area contributed by atoms with Crippen LogP contribution in [0.5, 0.6) is 11.5 Å². The molecule has 0 aliphatic carbocycles. The number of piperidine rings is 1. The Hall–Kier alpha value is -3.86. The molecule has 2 heterocycles. The maximum atomic E-state index is 13.1. The molecule has 1 aliphatic heterocycles. The molecule has 8 heteroatoms. The zero-order chi connectivity index (χ0) is 23.9. The number of nitriles is 1. The van der Waals surface area contributed by atoms with Gasteiger partial charge in [0.25, 0.3) is 0 Å². The molecule has 3 aromatic rings. The van der Waals surface area contributed by atoms with Gasteiger partial charge in [0.1, 0.15) is 5.69 Å². The number of anilines is 1. The second-order valence-corrected chi connectivity index (χ2v) is 8.26. The second kappa shape index (κ2) is 10.8. The molecule has 1 aromatic heterocycles. The van der Waals surface area contributed by atoms with Crippen LogP contribution in [0.4, 0.5) is 5.82 Å². The van der Waals surface area contributed by atoms with E-state index < -0.39 is 5.92 Å². The molecule has 1 N–H and O–H groups in total. The lowest BCUT2D eigenvalue weighted by atomic mass is 10.0. The molecule has 1 atom stereocenters. The topological polar surface area (TPSA) is 100 Å². The molecule has 1 amide bonds. The van der Waals surface area contributed by atoms with Crippen LogP contribution in [0.1, 0.15) is 36.4 Å². The van der Waals surface area contributed by atoms with Crippen molar-refractivity contribution in [1.82, 2.24) is 15.3 Å². The molecule has 1 fully saturated rings. The summed E-state index contributed by atoms with van der Waals surface area (Å²) in [7, 11) is 3.18. The summed E-state index contributed by atoms with van der Waals surface area (Å²) in [6.45, 7) is 2.07.